The van der Waals surface area contributed by atoms with Crippen molar-refractivity contribution >= 4 is 28.8 Å². The van der Waals surface area contributed by atoms with E-state index in [1.165, 1.54) is 0 Å². The first-order valence-corrected chi connectivity index (χ1v) is 4.62. The minimum Gasteiger partial charge on any atom is -0.382 e. The van der Waals surface area contributed by atoms with Crippen molar-refractivity contribution in [2.75, 3.05) is 5.73 Å². The molecule has 12 heavy (non-hydrogen) atoms. The van der Waals surface area contributed by atoms with Gasteiger partial charge in [0.2, 0.25) is 0 Å². The standard InChI is InChI=1S/C7H6ClN3S/c8-5-3-12-2-4(5)6-1-7(9)11-10-6/h1-3H,(H3,9,10,11). The summed E-state index contributed by atoms with van der Waals surface area (Å²) in [5.74, 6) is 0.479. The van der Waals surface area contributed by atoms with Gasteiger partial charge in [0.1, 0.15) is 5.82 Å². The minimum absolute atomic E-state index is 0.479. The first-order valence-electron chi connectivity index (χ1n) is 3.30. The number of halogens is 1. The molecule has 0 spiro atoms. The van der Waals surface area contributed by atoms with Gasteiger partial charge in [-0.15, -0.1) is 0 Å². The number of nitrogen functional groups attached to an aromatic ring is 1. The Labute approximate surface area is 78.2 Å². The van der Waals surface area contributed by atoms with Crippen LogP contribution in [0.1, 0.15) is 0 Å². The van der Waals surface area contributed by atoms with Crippen molar-refractivity contribution in [1.29, 1.82) is 0 Å². The Hall–Kier alpha value is -1.00. The molecule has 0 saturated carbocycles. The molecule has 0 aliphatic carbocycles. The quantitative estimate of drug-likeness (QED) is 0.741. The second kappa shape index (κ2) is 2.80. The van der Waals surface area contributed by atoms with Gasteiger partial charge in [0.15, 0.2) is 0 Å². The van der Waals surface area contributed by atoms with Crippen LogP contribution in [0.3, 0.4) is 0 Å². The van der Waals surface area contributed by atoms with Gasteiger partial charge >= 0.3 is 0 Å². The molecule has 0 fully saturated rings. The van der Waals surface area contributed by atoms with Gasteiger partial charge in [0, 0.05) is 22.4 Å². The van der Waals surface area contributed by atoms with Gasteiger partial charge in [-0.1, -0.05) is 11.6 Å². The van der Waals surface area contributed by atoms with Crippen LogP contribution in [0.5, 0.6) is 0 Å². The second-order valence-electron chi connectivity index (χ2n) is 2.34. The Balaban J connectivity index is 2.50. The first kappa shape index (κ1) is 7.64. The Morgan fingerprint density at radius 2 is 2.33 bits per heavy atom. The Bertz CT molecular complexity index is 393. The summed E-state index contributed by atoms with van der Waals surface area (Å²) in [5, 5.41) is 11.2. The molecule has 5 heteroatoms. The normalized spacial score (nSPS) is 10.4. The van der Waals surface area contributed by atoms with E-state index >= 15 is 0 Å². The molecule has 3 N–H and O–H groups in total. The van der Waals surface area contributed by atoms with E-state index in [0.717, 1.165) is 16.3 Å². The molecule has 2 aromatic heterocycles. The van der Waals surface area contributed by atoms with Crippen LogP contribution >= 0.6 is 22.9 Å². The number of anilines is 1. The maximum atomic E-state index is 5.91. The number of nitrogens with one attached hydrogen (secondary N) is 1. The molecule has 0 unspecified atom stereocenters. The van der Waals surface area contributed by atoms with E-state index in [-0.39, 0.29) is 0 Å². The largest absolute Gasteiger partial charge is 0.382 e. The molecule has 0 amide bonds. The predicted molar refractivity (Wildman–Crippen MR) is 51.3 cm³/mol. The Morgan fingerprint density at radius 1 is 1.50 bits per heavy atom. The average molecular weight is 200 g/mol. The second-order valence-corrected chi connectivity index (χ2v) is 3.49. The van der Waals surface area contributed by atoms with Crippen molar-refractivity contribution in [1.82, 2.24) is 10.2 Å². The molecule has 0 saturated heterocycles. The fourth-order valence-electron chi connectivity index (χ4n) is 0.949. The first-order chi connectivity index (χ1) is 5.77. The summed E-state index contributed by atoms with van der Waals surface area (Å²) in [4.78, 5) is 0. The Kier molecular flexibility index (Phi) is 1.78. The molecule has 62 valence electrons. The van der Waals surface area contributed by atoms with Crippen molar-refractivity contribution in [3.63, 3.8) is 0 Å². The number of H-pyrrole nitrogens is 1. The fourth-order valence-corrected chi connectivity index (χ4v) is 2.03. The molecule has 3 nitrogen and oxygen atoms in total. The van der Waals surface area contributed by atoms with Crippen LogP contribution in [0, 0.1) is 0 Å². The number of nitrogens with zero attached hydrogens (tertiary/aromatic N) is 1. The van der Waals surface area contributed by atoms with E-state index in [1.807, 2.05) is 10.8 Å². The van der Waals surface area contributed by atoms with Crippen LogP contribution in [-0.4, -0.2) is 10.2 Å². The minimum atomic E-state index is 0.479. The molecule has 0 aromatic carbocycles. The lowest BCUT2D eigenvalue weighted by molar-refractivity contribution is 1.10. The fraction of sp³-hybridized carbons (Fsp3) is 0. The number of hydrogen-bond acceptors (Lipinski definition) is 3. The summed E-state index contributed by atoms with van der Waals surface area (Å²) in [7, 11) is 0. The number of hydrogen-bond donors (Lipinski definition) is 2. The third kappa shape index (κ3) is 1.19. The summed E-state index contributed by atoms with van der Waals surface area (Å²) >= 11 is 7.46. The van der Waals surface area contributed by atoms with Gasteiger partial charge in [-0.25, -0.2) is 0 Å². The van der Waals surface area contributed by atoms with Crippen molar-refractivity contribution in [3.05, 3.63) is 21.8 Å². The van der Waals surface area contributed by atoms with E-state index in [1.54, 1.807) is 17.4 Å². The number of aromatic amines is 1. The molecule has 2 heterocycles. The van der Waals surface area contributed by atoms with Crippen molar-refractivity contribution in [3.8, 4) is 11.3 Å². The van der Waals surface area contributed by atoms with Crippen molar-refractivity contribution < 1.29 is 0 Å². The number of rotatable bonds is 1. The van der Waals surface area contributed by atoms with Gasteiger partial charge in [-0.3, -0.25) is 5.10 Å². The van der Waals surface area contributed by atoms with Crippen LogP contribution in [0.25, 0.3) is 11.3 Å². The number of aromatic nitrogens is 2. The molecular formula is C7H6ClN3S. The SMILES string of the molecule is Nc1cc(-c2cscc2Cl)[nH]n1. The molecular weight excluding hydrogens is 194 g/mol. The lowest BCUT2D eigenvalue weighted by Gasteiger charge is -1.90. The molecule has 2 rings (SSSR count). The van der Waals surface area contributed by atoms with Crippen LogP contribution in [0.2, 0.25) is 5.02 Å². The zero-order valence-corrected chi connectivity index (χ0v) is 7.62. The molecule has 0 aliphatic rings. The van der Waals surface area contributed by atoms with Gasteiger partial charge in [0.25, 0.3) is 0 Å². The molecule has 2 aromatic rings. The third-order valence-corrected chi connectivity index (χ3v) is 2.69. The lowest BCUT2D eigenvalue weighted by atomic mass is 10.2. The summed E-state index contributed by atoms with van der Waals surface area (Å²) in [6.45, 7) is 0. The van der Waals surface area contributed by atoms with Crippen molar-refractivity contribution in [2.24, 2.45) is 0 Å². The predicted octanol–water partition coefficient (Wildman–Crippen LogP) is 2.37. The van der Waals surface area contributed by atoms with E-state index in [9.17, 15) is 0 Å². The van der Waals surface area contributed by atoms with Gasteiger partial charge in [0.05, 0.1) is 10.7 Å². The maximum Gasteiger partial charge on any atom is 0.145 e. The Morgan fingerprint density at radius 3 is 2.83 bits per heavy atom. The van der Waals surface area contributed by atoms with E-state index in [0.29, 0.717) is 5.82 Å². The van der Waals surface area contributed by atoms with E-state index < -0.39 is 0 Å². The number of nitrogens with two attached hydrogens (primary N) is 1. The highest BCUT2D eigenvalue weighted by atomic mass is 35.5. The highest BCUT2D eigenvalue weighted by Gasteiger charge is 2.06. The van der Waals surface area contributed by atoms with Gasteiger partial charge in [-0.2, -0.15) is 16.4 Å². The lowest BCUT2D eigenvalue weighted by Crippen LogP contribution is -1.81. The number of thiophene rings is 1. The summed E-state index contributed by atoms with van der Waals surface area (Å²) in [6, 6.07) is 1.76. The van der Waals surface area contributed by atoms with Crippen LogP contribution in [0.4, 0.5) is 5.82 Å². The summed E-state index contributed by atoms with van der Waals surface area (Å²) in [5.41, 5.74) is 7.26. The maximum absolute atomic E-state index is 5.91. The monoisotopic (exact) mass is 199 g/mol. The molecule has 0 aliphatic heterocycles. The average Bonchev–Trinajstić information content (AvgIpc) is 2.58. The molecule has 0 atom stereocenters. The smallest absolute Gasteiger partial charge is 0.145 e. The topological polar surface area (TPSA) is 54.7 Å². The van der Waals surface area contributed by atoms with Crippen LogP contribution < -0.4 is 5.73 Å². The van der Waals surface area contributed by atoms with Gasteiger partial charge in [-0.05, 0) is 0 Å². The zero-order chi connectivity index (χ0) is 8.55. The highest BCUT2D eigenvalue weighted by molar-refractivity contribution is 7.08. The third-order valence-electron chi connectivity index (χ3n) is 1.50. The van der Waals surface area contributed by atoms with E-state index in [4.69, 9.17) is 17.3 Å². The van der Waals surface area contributed by atoms with E-state index in [2.05, 4.69) is 10.2 Å². The zero-order valence-electron chi connectivity index (χ0n) is 6.04. The van der Waals surface area contributed by atoms with Gasteiger partial charge < -0.3 is 5.73 Å². The van der Waals surface area contributed by atoms with Crippen LogP contribution in [0.15, 0.2) is 16.8 Å². The molecule has 0 radical (unpaired) electrons. The summed E-state index contributed by atoms with van der Waals surface area (Å²) < 4.78 is 0. The van der Waals surface area contributed by atoms with Crippen LogP contribution in [-0.2, 0) is 0 Å². The molecule has 0 bridgehead atoms. The highest BCUT2D eigenvalue weighted by Crippen LogP contribution is 2.30. The van der Waals surface area contributed by atoms with Crippen molar-refractivity contribution in [2.45, 2.75) is 0 Å². The summed E-state index contributed by atoms with van der Waals surface area (Å²) in [6.07, 6.45) is 0.